The van der Waals surface area contributed by atoms with Crippen LogP contribution in [0.4, 0.5) is 74.6 Å². The molecule has 0 nitrogen and oxygen atoms in total. The molecule has 3 saturated carbocycles. The lowest BCUT2D eigenvalue weighted by Gasteiger charge is -2.32. The van der Waals surface area contributed by atoms with Gasteiger partial charge in [-0.1, -0.05) is 272 Å². The van der Waals surface area contributed by atoms with Crippen molar-refractivity contribution in [1.82, 2.24) is 0 Å². The quantitative estimate of drug-likeness (QED) is 0.171. The molecule has 0 bridgehead atoms. The Morgan fingerprint density at radius 1 is 0.440 bits per heavy atom. The normalized spacial score (nSPS) is 24.1. The van der Waals surface area contributed by atoms with Gasteiger partial charge in [-0.05, 0) is 128 Å². The molecule has 0 spiro atoms. The fourth-order valence-electron chi connectivity index (χ4n) is 8.89. The lowest BCUT2D eigenvalue weighted by atomic mass is 9.86. The first kappa shape index (κ1) is 98.5. The topological polar surface area (TPSA) is 0 Å². The van der Waals surface area contributed by atoms with Gasteiger partial charge in [-0.2, -0.15) is 52.7 Å². The Kier molecular flexibility index (Phi) is 54.3. The summed E-state index contributed by atoms with van der Waals surface area (Å²) in [6.07, 6.45) is -7.21. The summed E-state index contributed by atoms with van der Waals surface area (Å²) in [5, 5.41) is 0. The maximum atomic E-state index is 12.3. The summed E-state index contributed by atoms with van der Waals surface area (Å²) in [5.41, 5.74) is -4.23. The highest BCUT2D eigenvalue weighted by Gasteiger charge is 2.66. The average Bonchev–Trinajstić information content (AvgIpc) is 1.11. The van der Waals surface area contributed by atoms with Crippen LogP contribution in [0.5, 0.6) is 0 Å². The molecule has 8 unspecified atom stereocenters. The molecule has 562 valence electrons. The molecule has 3 aliphatic carbocycles. The van der Waals surface area contributed by atoms with Crippen molar-refractivity contribution in [2.24, 2.45) is 98.1 Å². The molecule has 0 aromatic heterocycles. The number of rotatable bonds is 12. The third-order valence-corrected chi connectivity index (χ3v) is 17.9. The van der Waals surface area contributed by atoms with Gasteiger partial charge >= 0.3 is 24.7 Å². The maximum absolute atomic E-state index is 12.3. The molecule has 9 atom stereocenters. The van der Waals surface area contributed by atoms with Gasteiger partial charge in [0.25, 0.3) is 0 Å². The molecule has 0 heterocycles. The fraction of sp³-hybridized carbons (Fsp3) is 1.00. The summed E-state index contributed by atoms with van der Waals surface area (Å²) in [5.74, 6) is -0.0541. The van der Waals surface area contributed by atoms with Gasteiger partial charge in [-0.25, -0.2) is 17.6 Å². The average molecular weight is 1360 g/mol. The number of hydrogen-bond acceptors (Lipinski definition) is 0. The zero-order valence-electron chi connectivity index (χ0n) is 67.1. The van der Waals surface area contributed by atoms with Crippen molar-refractivity contribution in [3.05, 3.63) is 0 Å². The van der Waals surface area contributed by atoms with Gasteiger partial charge < -0.3 is 0 Å². The highest BCUT2D eigenvalue weighted by molar-refractivity contribution is 4.88. The van der Waals surface area contributed by atoms with E-state index < -0.39 is 78.4 Å². The van der Waals surface area contributed by atoms with Crippen LogP contribution in [0.15, 0.2) is 0 Å². The van der Waals surface area contributed by atoms with Crippen LogP contribution >= 0.6 is 0 Å². The molecule has 0 aromatic rings. The van der Waals surface area contributed by atoms with E-state index in [4.69, 9.17) is 4.11 Å². The lowest BCUT2D eigenvalue weighted by molar-refractivity contribution is -0.335. The standard InChI is InChI=1S/C8H13F3.2C8H16.2C7H16.C6H8F6.C6H11F3.2C6H12F2.C6H13F.C6H14/c1-5-3-6(2)7(4-5)8(9,10)11;2*1-6-4-5-7(2)8(6)3;2*1-5-6-7(2,3)4;1-3-4(2,5(7,8)9)6(10,11)12;1-4-5(2,3)6(7,8)9;1-4-6(7,8)5(2)3;1-3-4-5(2)6(7)8;1-3-4-6(2)5-7;1-5-6(2,3)4/h5-7H,3-4H2,1-2H3;2*6-8H,4-5H2,1-3H3;2*5-6H2,1-4H3;3H2,1-2H3;4H2,1-3H3;5H,4H2,1-3H3;5-6H,3-4H2,1-2H3;6H,3-5H2,1-2H3;5H2,1-4H3/t5-,6?,7?;;;;;;;;;;/m0........../s1/i;8D;;;;;;;;;5D2. The smallest absolute Gasteiger partial charge is 0.251 e. The molecule has 17 heteroatoms. The van der Waals surface area contributed by atoms with E-state index in [9.17, 15) is 74.6 Å². The highest BCUT2D eigenvalue weighted by Crippen LogP contribution is 2.52. The molecule has 91 heavy (non-hydrogen) atoms. The first-order chi connectivity index (χ1) is 41.4. The largest absolute Gasteiger partial charge is 0.402 e. The van der Waals surface area contributed by atoms with Crippen LogP contribution in [-0.2, 0) is 0 Å². The zero-order valence-corrected chi connectivity index (χ0v) is 64.1. The van der Waals surface area contributed by atoms with Crippen molar-refractivity contribution in [3.8, 4) is 0 Å². The minimum absolute atomic E-state index is 0.0509. The fourth-order valence-corrected chi connectivity index (χ4v) is 8.89. The van der Waals surface area contributed by atoms with E-state index in [-0.39, 0.29) is 55.5 Å². The van der Waals surface area contributed by atoms with Gasteiger partial charge in [0.2, 0.25) is 12.3 Å². The monoisotopic (exact) mass is 1360 g/mol. The molecule has 3 fully saturated rings. The van der Waals surface area contributed by atoms with E-state index in [0.717, 1.165) is 50.4 Å². The summed E-state index contributed by atoms with van der Waals surface area (Å²) in [7, 11) is 0. The number of alkyl halides is 17. The Bertz CT molecular complexity index is 1670. The first-order valence-electron chi connectivity index (χ1n) is 35.9. The van der Waals surface area contributed by atoms with E-state index in [2.05, 4.69) is 104 Å². The summed E-state index contributed by atoms with van der Waals surface area (Å²) in [6.45, 7) is 59.4. The summed E-state index contributed by atoms with van der Waals surface area (Å²) >= 11 is 0. The van der Waals surface area contributed by atoms with E-state index in [1.807, 2.05) is 41.5 Å². The van der Waals surface area contributed by atoms with Crippen molar-refractivity contribution in [3.63, 3.8) is 0 Å². The second-order valence-electron chi connectivity index (χ2n) is 31.2. The number of hydrogen-bond donors (Lipinski definition) is 0. The summed E-state index contributed by atoms with van der Waals surface area (Å²) < 4.78 is 225. The predicted octanol–water partition coefficient (Wildman–Crippen LogP) is 31.0. The van der Waals surface area contributed by atoms with Crippen molar-refractivity contribution < 1.29 is 78.7 Å². The van der Waals surface area contributed by atoms with Crippen LogP contribution in [0.1, 0.15) is 341 Å². The van der Waals surface area contributed by atoms with Gasteiger partial charge in [0.05, 0.1) is 18.0 Å². The Morgan fingerprint density at radius 3 is 0.846 bits per heavy atom. The second kappa shape index (κ2) is 50.2. The minimum Gasteiger partial charge on any atom is -0.251 e. The Hall–Kier alpha value is -1.19. The van der Waals surface area contributed by atoms with Crippen LogP contribution in [-0.4, -0.2) is 43.7 Å². The SMILES string of the molecule is CC1CCC(C)C1C.CC1C[C@H](C)CC1C(F)(F)F.CCC(C)(C(F)(F)F)C(F)(F)F.CCC(C)(C)C(F)(F)F.CCC(F)(F)C(C)C.CCCC(C)(C)C.CCCC(C)(C)C.CCCC(C)C(F)F.CCCC(C)CF.[2H]C([2H])(C)C(C)(C)C.[2H]C1(C)C(C)CCC1C. The van der Waals surface area contributed by atoms with E-state index in [0.29, 0.717) is 35.5 Å². The molecule has 0 saturated heterocycles. The second-order valence-corrected chi connectivity index (χ2v) is 31.2. The molecule has 0 radical (unpaired) electrons. The molecular weight excluding hydrogens is 1210 g/mol. The Balaban J connectivity index is -0.000000145. The predicted molar refractivity (Wildman–Crippen MR) is 360 cm³/mol. The molecular formula is C74H147F17. The van der Waals surface area contributed by atoms with Crippen LogP contribution < -0.4 is 0 Å². The first-order valence-corrected chi connectivity index (χ1v) is 34.4. The molecule has 3 rings (SSSR count). The van der Waals surface area contributed by atoms with E-state index in [1.54, 1.807) is 20.8 Å². The summed E-state index contributed by atoms with van der Waals surface area (Å²) in [4.78, 5) is 0. The van der Waals surface area contributed by atoms with E-state index >= 15 is 0 Å². The lowest BCUT2D eigenvalue weighted by Crippen LogP contribution is -2.47. The van der Waals surface area contributed by atoms with Crippen LogP contribution in [0.3, 0.4) is 0 Å². The van der Waals surface area contributed by atoms with Crippen molar-refractivity contribution >= 4 is 0 Å². The zero-order chi connectivity index (χ0) is 77.7. The molecule has 0 aliphatic heterocycles. The van der Waals surface area contributed by atoms with E-state index in [1.165, 1.54) is 92.9 Å². The minimum atomic E-state index is -5.24. The Morgan fingerprint density at radius 2 is 0.780 bits per heavy atom. The van der Waals surface area contributed by atoms with Gasteiger partial charge in [0, 0.05) is 22.4 Å². The molecule has 0 amide bonds. The summed E-state index contributed by atoms with van der Waals surface area (Å²) in [6, 6.07) is 0. The maximum Gasteiger partial charge on any atom is 0.402 e. The highest BCUT2D eigenvalue weighted by atomic mass is 19.4. The van der Waals surface area contributed by atoms with Gasteiger partial charge in [0.1, 0.15) is 0 Å². The van der Waals surface area contributed by atoms with Gasteiger partial charge in [-0.15, -0.1) is 0 Å². The third-order valence-electron chi connectivity index (χ3n) is 17.9. The molecule has 0 N–H and O–H groups in total. The molecule has 3 aliphatic rings. The Labute approximate surface area is 555 Å². The third kappa shape index (κ3) is 57.6. The van der Waals surface area contributed by atoms with Crippen molar-refractivity contribution in [2.75, 3.05) is 6.67 Å². The van der Waals surface area contributed by atoms with Crippen LogP contribution in [0, 0.1) is 98.1 Å². The van der Waals surface area contributed by atoms with Gasteiger partial charge in [0.15, 0.2) is 5.41 Å². The molecule has 0 aromatic carbocycles. The van der Waals surface area contributed by atoms with Crippen LogP contribution in [0.2, 0.25) is 0 Å². The van der Waals surface area contributed by atoms with Crippen molar-refractivity contribution in [2.45, 2.75) is 374 Å². The van der Waals surface area contributed by atoms with Crippen LogP contribution in [0.25, 0.3) is 0 Å². The van der Waals surface area contributed by atoms with Gasteiger partial charge in [-0.3, -0.25) is 4.39 Å². The number of halogens is 17. The van der Waals surface area contributed by atoms with Crippen molar-refractivity contribution in [1.29, 1.82) is 0 Å².